The van der Waals surface area contributed by atoms with Crippen molar-refractivity contribution in [1.29, 1.82) is 0 Å². The second-order valence-electron chi connectivity index (χ2n) is 4.87. The molecule has 0 spiro atoms. The van der Waals surface area contributed by atoms with E-state index >= 15 is 0 Å². The number of carbonyl (C=O) groups is 1. The van der Waals surface area contributed by atoms with Gasteiger partial charge in [-0.2, -0.15) is 8.78 Å². The van der Waals surface area contributed by atoms with Crippen LogP contribution in [-0.2, 0) is 0 Å². The molecule has 1 atom stereocenters. The molecule has 0 saturated heterocycles. The van der Waals surface area contributed by atoms with Crippen molar-refractivity contribution in [2.24, 2.45) is 5.92 Å². The zero-order valence-electron chi connectivity index (χ0n) is 11.5. The van der Waals surface area contributed by atoms with E-state index in [4.69, 9.17) is 0 Å². The van der Waals surface area contributed by atoms with Gasteiger partial charge in [-0.1, -0.05) is 26.0 Å². The molecule has 1 unspecified atom stereocenters. The number of ether oxygens (including phenoxy) is 1. The van der Waals surface area contributed by atoms with Crippen LogP contribution < -0.4 is 10.1 Å². The summed E-state index contributed by atoms with van der Waals surface area (Å²) in [6, 6.07) is 5.74. The van der Waals surface area contributed by atoms with Gasteiger partial charge in [0.05, 0.1) is 11.7 Å². The molecule has 0 bridgehead atoms. The van der Waals surface area contributed by atoms with E-state index < -0.39 is 18.6 Å². The second-order valence-corrected chi connectivity index (χ2v) is 4.87. The summed E-state index contributed by atoms with van der Waals surface area (Å²) in [5, 5.41) is 12.2. The average molecular weight is 287 g/mol. The summed E-state index contributed by atoms with van der Waals surface area (Å²) < 4.78 is 28.7. The highest BCUT2D eigenvalue weighted by molar-refractivity contribution is 5.96. The van der Waals surface area contributed by atoms with Gasteiger partial charge in [0.2, 0.25) is 0 Å². The standard InChI is InChI=1S/C14H19F2NO3/c1-9(2)7-10(18)8-17-13(19)11-5-3-4-6-12(11)20-14(15)16/h3-6,9-10,14,18H,7-8H2,1-2H3,(H,17,19). The Balaban J connectivity index is 2.63. The number of para-hydroxylation sites is 1. The molecule has 1 amide bonds. The number of halogens is 2. The Labute approximate surface area is 116 Å². The van der Waals surface area contributed by atoms with Gasteiger partial charge in [0.15, 0.2) is 0 Å². The van der Waals surface area contributed by atoms with E-state index in [1.165, 1.54) is 18.2 Å². The first-order valence-electron chi connectivity index (χ1n) is 6.40. The van der Waals surface area contributed by atoms with E-state index in [1.54, 1.807) is 6.07 Å². The fourth-order valence-electron chi connectivity index (χ4n) is 1.79. The summed E-state index contributed by atoms with van der Waals surface area (Å²) in [6.45, 7) is 0.990. The molecule has 0 aliphatic rings. The summed E-state index contributed by atoms with van der Waals surface area (Å²) in [7, 11) is 0. The number of nitrogens with one attached hydrogen (secondary N) is 1. The van der Waals surface area contributed by atoms with Gasteiger partial charge in [0.1, 0.15) is 5.75 Å². The Hall–Kier alpha value is -1.69. The molecule has 0 aliphatic heterocycles. The zero-order chi connectivity index (χ0) is 15.1. The Kier molecular flexibility index (Phi) is 6.38. The third-order valence-corrected chi connectivity index (χ3v) is 2.59. The minimum Gasteiger partial charge on any atom is -0.434 e. The highest BCUT2D eigenvalue weighted by Gasteiger charge is 2.16. The Morgan fingerprint density at radius 2 is 2.00 bits per heavy atom. The van der Waals surface area contributed by atoms with Gasteiger partial charge < -0.3 is 15.2 Å². The molecule has 0 aliphatic carbocycles. The Morgan fingerprint density at radius 3 is 2.60 bits per heavy atom. The average Bonchev–Trinajstić information content (AvgIpc) is 2.35. The van der Waals surface area contributed by atoms with Crippen molar-refractivity contribution in [3.63, 3.8) is 0 Å². The molecular formula is C14H19F2NO3. The van der Waals surface area contributed by atoms with Crippen molar-refractivity contribution >= 4 is 5.91 Å². The Bertz CT molecular complexity index is 438. The summed E-state index contributed by atoms with van der Waals surface area (Å²) in [4.78, 5) is 11.9. The van der Waals surface area contributed by atoms with E-state index in [0.717, 1.165) is 0 Å². The van der Waals surface area contributed by atoms with Gasteiger partial charge in [-0.05, 0) is 24.5 Å². The lowest BCUT2D eigenvalue weighted by Gasteiger charge is -2.15. The molecule has 112 valence electrons. The number of benzene rings is 1. The van der Waals surface area contributed by atoms with E-state index in [0.29, 0.717) is 12.3 Å². The molecular weight excluding hydrogens is 268 g/mol. The first-order chi connectivity index (χ1) is 9.40. The van der Waals surface area contributed by atoms with Crippen LogP contribution in [0.25, 0.3) is 0 Å². The largest absolute Gasteiger partial charge is 0.434 e. The third kappa shape index (κ3) is 5.52. The van der Waals surface area contributed by atoms with Crippen LogP contribution in [0.2, 0.25) is 0 Å². The van der Waals surface area contributed by atoms with Crippen molar-refractivity contribution in [1.82, 2.24) is 5.32 Å². The molecule has 2 N–H and O–H groups in total. The number of hydrogen-bond acceptors (Lipinski definition) is 3. The van der Waals surface area contributed by atoms with Crippen LogP contribution in [-0.4, -0.2) is 30.3 Å². The van der Waals surface area contributed by atoms with E-state index in [9.17, 15) is 18.7 Å². The zero-order valence-corrected chi connectivity index (χ0v) is 11.5. The number of aliphatic hydroxyl groups is 1. The fraction of sp³-hybridized carbons (Fsp3) is 0.500. The summed E-state index contributed by atoms with van der Waals surface area (Å²) in [5.41, 5.74) is 0.0181. The van der Waals surface area contributed by atoms with Crippen LogP contribution in [0.15, 0.2) is 24.3 Å². The fourth-order valence-corrected chi connectivity index (χ4v) is 1.79. The SMILES string of the molecule is CC(C)CC(O)CNC(=O)c1ccccc1OC(F)F. The van der Waals surface area contributed by atoms with Crippen molar-refractivity contribution < 1.29 is 23.4 Å². The minimum atomic E-state index is -2.99. The normalized spacial score (nSPS) is 12.6. The highest BCUT2D eigenvalue weighted by Crippen LogP contribution is 2.20. The van der Waals surface area contributed by atoms with Crippen molar-refractivity contribution in [3.05, 3.63) is 29.8 Å². The highest BCUT2D eigenvalue weighted by atomic mass is 19.3. The summed E-state index contributed by atoms with van der Waals surface area (Å²) in [5.74, 6) is -0.432. The minimum absolute atomic E-state index is 0.0181. The maximum absolute atomic E-state index is 12.2. The molecule has 4 nitrogen and oxygen atoms in total. The van der Waals surface area contributed by atoms with Gasteiger partial charge >= 0.3 is 6.61 Å². The molecule has 6 heteroatoms. The quantitative estimate of drug-likeness (QED) is 0.809. The van der Waals surface area contributed by atoms with Crippen LogP contribution >= 0.6 is 0 Å². The maximum Gasteiger partial charge on any atom is 0.387 e. The van der Waals surface area contributed by atoms with Crippen molar-refractivity contribution in [2.75, 3.05) is 6.54 Å². The van der Waals surface area contributed by atoms with Gasteiger partial charge in [-0.3, -0.25) is 4.79 Å². The lowest BCUT2D eigenvalue weighted by molar-refractivity contribution is -0.0501. The van der Waals surface area contributed by atoms with Gasteiger partial charge in [-0.15, -0.1) is 0 Å². The predicted octanol–water partition coefficient (Wildman–Crippen LogP) is 2.42. The van der Waals surface area contributed by atoms with Gasteiger partial charge in [0.25, 0.3) is 5.91 Å². The third-order valence-electron chi connectivity index (χ3n) is 2.59. The van der Waals surface area contributed by atoms with E-state index in [2.05, 4.69) is 10.1 Å². The van der Waals surface area contributed by atoms with Crippen LogP contribution in [0, 0.1) is 5.92 Å². The van der Waals surface area contributed by atoms with Crippen LogP contribution in [0.3, 0.4) is 0 Å². The second kappa shape index (κ2) is 7.79. The van der Waals surface area contributed by atoms with Crippen LogP contribution in [0.1, 0.15) is 30.6 Å². The van der Waals surface area contributed by atoms with E-state index in [1.807, 2.05) is 13.8 Å². The molecule has 20 heavy (non-hydrogen) atoms. The predicted molar refractivity (Wildman–Crippen MR) is 70.9 cm³/mol. The molecule has 0 saturated carbocycles. The smallest absolute Gasteiger partial charge is 0.387 e. The summed E-state index contributed by atoms with van der Waals surface area (Å²) >= 11 is 0. The summed E-state index contributed by atoms with van der Waals surface area (Å²) in [6.07, 6.45) is -0.114. The number of amides is 1. The molecule has 0 heterocycles. The van der Waals surface area contributed by atoms with Gasteiger partial charge in [0, 0.05) is 6.54 Å². The molecule has 0 aromatic heterocycles. The van der Waals surface area contributed by atoms with Crippen molar-refractivity contribution in [3.8, 4) is 5.75 Å². The van der Waals surface area contributed by atoms with Crippen LogP contribution in [0.4, 0.5) is 8.78 Å². The topological polar surface area (TPSA) is 58.6 Å². The number of rotatable bonds is 7. The number of aliphatic hydroxyl groups excluding tert-OH is 1. The number of hydrogen-bond donors (Lipinski definition) is 2. The lowest BCUT2D eigenvalue weighted by Crippen LogP contribution is -2.33. The molecule has 1 rings (SSSR count). The number of alkyl halides is 2. The molecule has 1 aromatic rings. The lowest BCUT2D eigenvalue weighted by atomic mass is 10.1. The first-order valence-corrected chi connectivity index (χ1v) is 6.40. The first kappa shape index (κ1) is 16.4. The van der Waals surface area contributed by atoms with Gasteiger partial charge in [-0.25, -0.2) is 0 Å². The van der Waals surface area contributed by atoms with Crippen LogP contribution in [0.5, 0.6) is 5.75 Å². The maximum atomic E-state index is 12.2. The molecule has 0 fully saturated rings. The van der Waals surface area contributed by atoms with Crippen molar-refractivity contribution in [2.45, 2.75) is 33.0 Å². The molecule has 0 radical (unpaired) electrons. The monoisotopic (exact) mass is 287 g/mol. The van der Waals surface area contributed by atoms with E-state index in [-0.39, 0.29) is 17.9 Å². The molecule has 1 aromatic carbocycles. The Morgan fingerprint density at radius 1 is 1.35 bits per heavy atom. The number of carbonyl (C=O) groups excluding carboxylic acids is 1.